The van der Waals surface area contributed by atoms with E-state index in [4.69, 9.17) is 14.2 Å². The Morgan fingerprint density at radius 2 is 1.70 bits per heavy atom. The van der Waals surface area contributed by atoms with Gasteiger partial charge in [0.2, 0.25) is 5.91 Å². The predicted octanol–water partition coefficient (Wildman–Crippen LogP) is 1.84. The van der Waals surface area contributed by atoms with Crippen LogP contribution in [0.1, 0.15) is 24.0 Å². The zero-order valence-electron chi connectivity index (χ0n) is 17.8. The van der Waals surface area contributed by atoms with Gasteiger partial charge in [-0.2, -0.15) is 0 Å². The largest absolute Gasteiger partial charge is 0.493 e. The summed E-state index contributed by atoms with van der Waals surface area (Å²) in [6, 6.07) is 4.19. The number of nitrogens with zero attached hydrogens (tertiary/aromatic N) is 2. The normalized spacial score (nSPS) is 20.5. The summed E-state index contributed by atoms with van der Waals surface area (Å²) in [5, 5.41) is 3.30. The lowest BCUT2D eigenvalue weighted by Gasteiger charge is -2.45. The molecule has 4 rings (SSSR count). The van der Waals surface area contributed by atoms with Crippen LogP contribution in [0.4, 0.5) is 0 Å². The number of likely N-dealkylation sites (tertiary alicyclic amines) is 1. The number of rotatable bonds is 4. The summed E-state index contributed by atoms with van der Waals surface area (Å²) in [6.45, 7) is 6.38. The Bertz CT molecular complexity index is 720. The van der Waals surface area contributed by atoms with E-state index in [0.717, 1.165) is 76.6 Å². The van der Waals surface area contributed by atoms with Gasteiger partial charge in [-0.15, -0.1) is 24.8 Å². The highest BCUT2D eigenvalue weighted by Crippen LogP contribution is 2.45. The highest BCUT2D eigenvalue weighted by molar-refractivity contribution is 5.85. The van der Waals surface area contributed by atoms with Gasteiger partial charge in [0.1, 0.15) is 0 Å². The van der Waals surface area contributed by atoms with Crippen molar-refractivity contribution in [1.29, 1.82) is 0 Å². The average Bonchev–Trinajstić information content (AvgIpc) is 2.75. The molecule has 1 spiro atoms. The minimum Gasteiger partial charge on any atom is -0.493 e. The van der Waals surface area contributed by atoms with Crippen molar-refractivity contribution < 1.29 is 19.0 Å². The molecule has 3 aliphatic rings. The molecule has 0 aromatic heterocycles. The fourth-order valence-corrected chi connectivity index (χ4v) is 4.68. The van der Waals surface area contributed by atoms with E-state index in [1.807, 2.05) is 4.90 Å². The van der Waals surface area contributed by atoms with Crippen molar-refractivity contribution in [3.8, 4) is 11.5 Å². The van der Waals surface area contributed by atoms with Crippen molar-refractivity contribution >= 4 is 30.7 Å². The first-order valence-corrected chi connectivity index (χ1v) is 10.3. The van der Waals surface area contributed by atoms with Crippen LogP contribution >= 0.6 is 24.8 Å². The first-order valence-electron chi connectivity index (χ1n) is 10.3. The SMILES string of the molecule is COc1cc2c(cc1OC)C1(CCN(CC(=O)N3CCNCC3)CC1)OCC2.Cl.Cl. The van der Waals surface area contributed by atoms with Gasteiger partial charge in [0.25, 0.3) is 0 Å². The monoisotopic (exact) mass is 461 g/mol. The molecule has 1 aromatic rings. The number of benzene rings is 1. The van der Waals surface area contributed by atoms with Crippen LogP contribution in [0, 0.1) is 0 Å². The van der Waals surface area contributed by atoms with Crippen LogP contribution in [0.25, 0.3) is 0 Å². The number of hydrogen-bond acceptors (Lipinski definition) is 6. The number of piperazine rings is 1. The van der Waals surface area contributed by atoms with Gasteiger partial charge in [0.15, 0.2) is 11.5 Å². The number of ether oxygens (including phenoxy) is 3. The van der Waals surface area contributed by atoms with Crippen LogP contribution in [0.3, 0.4) is 0 Å². The number of carbonyl (C=O) groups excluding carboxylic acids is 1. The first kappa shape index (κ1) is 25.0. The maximum absolute atomic E-state index is 12.6. The van der Waals surface area contributed by atoms with Gasteiger partial charge in [0, 0.05) is 39.3 Å². The zero-order valence-corrected chi connectivity index (χ0v) is 19.4. The Kier molecular flexibility index (Phi) is 9.06. The summed E-state index contributed by atoms with van der Waals surface area (Å²) in [5.74, 6) is 1.77. The number of piperidine rings is 1. The molecule has 1 amide bonds. The number of methoxy groups -OCH3 is 2. The molecule has 0 radical (unpaired) electrons. The Labute approximate surface area is 191 Å². The van der Waals surface area contributed by atoms with Crippen LogP contribution in [0.5, 0.6) is 11.5 Å². The molecular formula is C21H33Cl2N3O4. The molecule has 7 nitrogen and oxygen atoms in total. The molecule has 0 aliphatic carbocycles. The predicted molar refractivity (Wildman–Crippen MR) is 120 cm³/mol. The van der Waals surface area contributed by atoms with E-state index in [0.29, 0.717) is 6.54 Å². The van der Waals surface area contributed by atoms with Gasteiger partial charge in [-0.05, 0) is 42.5 Å². The quantitative estimate of drug-likeness (QED) is 0.737. The maximum Gasteiger partial charge on any atom is 0.236 e. The van der Waals surface area contributed by atoms with Crippen molar-refractivity contribution in [2.45, 2.75) is 24.9 Å². The molecule has 1 aromatic carbocycles. The minimum absolute atomic E-state index is 0. The van der Waals surface area contributed by atoms with E-state index in [9.17, 15) is 4.79 Å². The number of hydrogen-bond donors (Lipinski definition) is 1. The minimum atomic E-state index is -0.276. The van der Waals surface area contributed by atoms with E-state index in [1.165, 1.54) is 11.1 Å². The fourth-order valence-electron chi connectivity index (χ4n) is 4.68. The van der Waals surface area contributed by atoms with Crippen molar-refractivity contribution in [1.82, 2.24) is 15.1 Å². The maximum atomic E-state index is 12.6. The average molecular weight is 462 g/mol. The second-order valence-electron chi connectivity index (χ2n) is 7.86. The summed E-state index contributed by atoms with van der Waals surface area (Å²) in [4.78, 5) is 16.8. The topological polar surface area (TPSA) is 63.3 Å². The molecule has 9 heteroatoms. The Hall–Kier alpha value is -1.25. The molecule has 2 saturated heterocycles. The number of amides is 1. The third kappa shape index (κ3) is 4.97. The molecule has 170 valence electrons. The molecule has 0 atom stereocenters. The van der Waals surface area contributed by atoms with Crippen LogP contribution < -0.4 is 14.8 Å². The van der Waals surface area contributed by atoms with Crippen LogP contribution in [0.2, 0.25) is 0 Å². The van der Waals surface area contributed by atoms with Gasteiger partial charge in [-0.1, -0.05) is 0 Å². The zero-order chi connectivity index (χ0) is 19.6. The molecular weight excluding hydrogens is 429 g/mol. The van der Waals surface area contributed by atoms with E-state index < -0.39 is 0 Å². The van der Waals surface area contributed by atoms with Crippen molar-refractivity contribution in [3.63, 3.8) is 0 Å². The standard InChI is InChI=1S/C21H31N3O4.2ClH/c1-26-18-13-16-3-12-28-21(17(16)14-19(18)27-2)4-8-23(9-5-21)15-20(25)24-10-6-22-7-11-24;;/h13-14,22H,3-12,15H2,1-2H3;2*1H. The lowest BCUT2D eigenvalue weighted by atomic mass is 9.79. The number of carbonyl (C=O) groups is 1. The third-order valence-corrected chi connectivity index (χ3v) is 6.34. The third-order valence-electron chi connectivity index (χ3n) is 6.34. The van der Waals surface area contributed by atoms with Crippen LogP contribution in [-0.2, 0) is 21.6 Å². The second kappa shape index (κ2) is 10.9. The van der Waals surface area contributed by atoms with Crippen LogP contribution in [0.15, 0.2) is 12.1 Å². The molecule has 30 heavy (non-hydrogen) atoms. The number of nitrogens with one attached hydrogen (secondary N) is 1. The molecule has 0 unspecified atom stereocenters. The lowest BCUT2D eigenvalue weighted by Crippen LogP contribution is -2.52. The Morgan fingerprint density at radius 1 is 1.07 bits per heavy atom. The van der Waals surface area contributed by atoms with E-state index >= 15 is 0 Å². The first-order chi connectivity index (χ1) is 13.6. The summed E-state index contributed by atoms with van der Waals surface area (Å²) in [5.41, 5.74) is 2.24. The van der Waals surface area contributed by atoms with E-state index in [2.05, 4.69) is 22.3 Å². The summed E-state index contributed by atoms with van der Waals surface area (Å²) >= 11 is 0. The van der Waals surface area contributed by atoms with E-state index in [-0.39, 0.29) is 36.3 Å². The molecule has 2 fully saturated rings. The number of fused-ring (bicyclic) bond motifs is 2. The highest BCUT2D eigenvalue weighted by atomic mass is 35.5. The van der Waals surface area contributed by atoms with Gasteiger partial charge in [-0.25, -0.2) is 0 Å². The smallest absolute Gasteiger partial charge is 0.236 e. The molecule has 3 aliphatic heterocycles. The summed E-state index contributed by atoms with van der Waals surface area (Å²) < 4.78 is 17.4. The van der Waals surface area contributed by atoms with Crippen molar-refractivity contribution in [3.05, 3.63) is 23.3 Å². The number of halogens is 2. The summed E-state index contributed by atoms with van der Waals surface area (Å²) in [7, 11) is 3.35. The van der Waals surface area contributed by atoms with E-state index in [1.54, 1.807) is 14.2 Å². The van der Waals surface area contributed by atoms with Gasteiger partial charge in [0.05, 0.1) is 33.0 Å². The molecule has 3 heterocycles. The van der Waals surface area contributed by atoms with Gasteiger partial charge >= 0.3 is 0 Å². The lowest BCUT2D eigenvalue weighted by molar-refractivity contribution is -0.136. The van der Waals surface area contributed by atoms with Crippen molar-refractivity contribution in [2.24, 2.45) is 0 Å². The van der Waals surface area contributed by atoms with Crippen LogP contribution in [-0.4, -0.2) is 82.3 Å². The molecule has 1 N–H and O–H groups in total. The molecule has 0 saturated carbocycles. The highest BCUT2D eigenvalue weighted by Gasteiger charge is 2.42. The molecule has 0 bridgehead atoms. The van der Waals surface area contributed by atoms with Crippen molar-refractivity contribution in [2.75, 3.05) is 66.6 Å². The van der Waals surface area contributed by atoms with Gasteiger partial charge in [-0.3, -0.25) is 9.69 Å². The second-order valence-corrected chi connectivity index (χ2v) is 7.86. The Morgan fingerprint density at radius 3 is 2.33 bits per heavy atom. The van der Waals surface area contributed by atoms with Gasteiger partial charge < -0.3 is 24.4 Å². The fraction of sp³-hybridized carbons (Fsp3) is 0.667. The Balaban J connectivity index is 0.00000160. The summed E-state index contributed by atoms with van der Waals surface area (Å²) in [6.07, 6.45) is 2.68.